The van der Waals surface area contributed by atoms with E-state index in [9.17, 15) is 9.59 Å². The number of hydrogen-bond acceptors (Lipinski definition) is 6. The molecule has 1 saturated heterocycles. The molecule has 0 unspecified atom stereocenters. The van der Waals surface area contributed by atoms with Crippen molar-refractivity contribution in [3.05, 3.63) is 5.01 Å². The number of aryl methyl sites for hydroxylation is 1. The van der Waals surface area contributed by atoms with Gasteiger partial charge < -0.3 is 4.90 Å². The average molecular weight is 286 g/mol. The van der Waals surface area contributed by atoms with Crippen LogP contribution in [0.1, 0.15) is 18.4 Å². The smallest absolute Gasteiger partial charge is 0.282 e. The van der Waals surface area contributed by atoms with Gasteiger partial charge >= 0.3 is 0 Å². The summed E-state index contributed by atoms with van der Waals surface area (Å²) in [5.74, 6) is 0.538. The number of carbonyl (C=O) groups excluding carboxylic acids is 2. The lowest BCUT2D eigenvalue weighted by Gasteiger charge is -2.12. The zero-order valence-electron chi connectivity index (χ0n) is 10.0. The third kappa shape index (κ3) is 3.42. The Kier molecular flexibility index (Phi) is 4.54. The summed E-state index contributed by atoms with van der Waals surface area (Å²) in [5.41, 5.74) is 0. The van der Waals surface area contributed by atoms with Gasteiger partial charge in [-0.15, -0.1) is 10.2 Å². The van der Waals surface area contributed by atoms with Crippen LogP contribution in [0.15, 0.2) is 0 Å². The summed E-state index contributed by atoms with van der Waals surface area (Å²) in [6.07, 6.45) is 1.87. The fourth-order valence-electron chi connectivity index (χ4n) is 1.52. The van der Waals surface area contributed by atoms with Gasteiger partial charge in [0, 0.05) is 18.7 Å². The summed E-state index contributed by atoms with van der Waals surface area (Å²) in [7, 11) is 0. The Labute approximate surface area is 113 Å². The van der Waals surface area contributed by atoms with E-state index in [1.165, 1.54) is 28.0 Å². The molecule has 0 aliphatic carbocycles. The van der Waals surface area contributed by atoms with Crippen LogP contribution in [-0.4, -0.2) is 45.1 Å². The van der Waals surface area contributed by atoms with E-state index in [0.717, 1.165) is 23.6 Å². The van der Waals surface area contributed by atoms with Crippen LogP contribution in [0.25, 0.3) is 0 Å². The Bertz CT molecular complexity index is 449. The van der Waals surface area contributed by atoms with Crippen molar-refractivity contribution in [2.45, 2.75) is 19.8 Å². The molecule has 1 N–H and O–H groups in total. The number of hydrogen-bond donors (Lipinski definition) is 1. The fourth-order valence-corrected chi connectivity index (χ4v) is 3.20. The van der Waals surface area contributed by atoms with E-state index in [-0.39, 0.29) is 17.7 Å². The number of amides is 2. The van der Waals surface area contributed by atoms with Crippen molar-refractivity contribution in [3.8, 4) is 0 Å². The molecule has 1 fully saturated rings. The quantitative estimate of drug-likeness (QED) is 0.889. The van der Waals surface area contributed by atoms with Crippen LogP contribution < -0.4 is 5.32 Å². The van der Waals surface area contributed by atoms with Gasteiger partial charge in [0.25, 0.3) is 5.24 Å². The molecule has 0 spiro atoms. The molecule has 98 valence electrons. The van der Waals surface area contributed by atoms with Crippen molar-refractivity contribution in [1.29, 1.82) is 0 Å². The first-order valence-corrected chi connectivity index (χ1v) is 7.53. The second kappa shape index (κ2) is 6.14. The fraction of sp³-hybridized carbons (Fsp3) is 0.600. The second-order valence-electron chi connectivity index (χ2n) is 3.84. The highest BCUT2D eigenvalue weighted by molar-refractivity contribution is 8.13. The molecule has 1 aromatic heterocycles. The molecule has 0 aromatic carbocycles. The molecule has 1 aliphatic heterocycles. The van der Waals surface area contributed by atoms with Gasteiger partial charge in [0.1, 0.15) is 11.6 Å². The van der Waals surface area contributed by atoms with Crippen LogP contribution >= 0.6 is 23.1 Å². The summed E-state index contributed by atoms with van der Waals surface area (Å²) in [4.78, 5) is 24.6. The van der Waals surface area contributed by atoms with Gasteiger partial charge in [-0.3, -0.25) is 14.9 Å². The van der Waals surface area contributed by atoms with Gasteiger partial charge in [-0.2, -0.15) is 0 Å². The lowest BCUT2D eigenvalue weighted by molar-refractivity contribution is -0.116. The third-order valence-electron chi connectivity index (χ3n) is 2.36. The van der Waals surface area contributed by atoms with Crippen molar-refractivity contribution in [1.82, 2.24) is 15.1 Å². The van der Waals surface area contributed by atoms with Gasteiger partial charge in [0.15, 0.2) is 0 Å². The van der Waals surface area contributed by atoms with Gasteiger partial charge in [0.2, 0.25) is 11.0 Å². The minimum Gasteiger partial charge on any atom is -0.323 e. The first-order chi connectivity index (χ1) is 8.69. The Morgan fingerprint density at radius 3 is 3.00 bits per heavy atom. The molecule has 1 aliphatic rings. The SMILES string of the molecule is CCCc1nnc(NC(=O)CN2CCSC2=O)s1. The maximum Gasteiger partial charge on any atom is 0.282 e. The Balaban J connectivity index is 1.84. The van der Waals surface area contributed by atoms with Crippen LogP contribution in [0.5, 0.6) is 0 Å². The number of rotatable bonds is 5. The zero-order valence-corrected chi connectivity index (χ0v) is 11.6. The third-order valence-corrected chi connectivity index (χ3v) is 4.15. The number of aromatic nitrogens is 2. The topological polar surface area (TPSA) is 75.2 Å². The van der Waals surface area contributed by atoms with Crippen LogP contribution in [0, 0.1) is 0 Å². The molecule has 18 heavy (non-hydrogen) atoms. The minimum absolute atomic E-state index is 0.0333. The first kappa shape index (κ1) is 13.3. The van der Waals surface area contributed by atoms with E-state index in [2.05, 4.69) is 22.4 Å². The van der Waals surface area contributed by atoms with E-state index < -0.39 is 0 Å². The molecule has 6 nitrogen and oxygen atoms in total. The molecule has 1 aromatic rings. The minimum atomic E-state index is -0.218. The van der Waals surface area contributed by atoms with E-state index in [0.29, 0.717) is 11.7 Å². The molecule has 2 rings (SSSR count). The van der Waals surface area contributed by atoms with Crippen molar-refractivity contribution in [2.75, 3.05) is 24.2 Å². The monoisotopic (exact) mass is 286 g/mol. The summed E-state index contributed by atoms with van der Waals surface area (Å²) in [5, 5.41) is 11.9. The largest absolute Gasteiger partial charge is 0.323 e. The Morgan fingerprint density at radius 2 is 2.33 bits per heavy atom. The Morgan fingerprint density at radius 1 is 1.50 bits per heavy atom. The van der Waals surface area contributed by atoms with Crippen molar-refractivity contribution in [2.24, 2.45) is 0 Å². The summed E-state index contributed by atoms with van der Waals surface area (Å²) in [6, 6.07) is 0. The van der Waals surface area contributed by atoms with Crippen molar-refractivity contribution < 1.29 is 9.59 Å². The van der Waals surface area contributed by atoms with Crippen molar-refractivity contribution in [3.63, 3.8) is 0 Å². The molecule has 0 radical (unpaired) electrons. The second-order valence-corrected chi connectivity index (χ2v) is 5.94. The molecule has 0 atom stereocenters. The van der Waals surface area contributed by atoms with Gasteiger partial charge in [-0.1, -0.05) is 30.0 Å². The molecule has 8 heteroatoms. The normalized spacial score (nSPS) is 15.2. The maximum absolute atomic E-state index is 11.7. The van der Waals surface area contributed by atoms with Crippen molar-refractivity contribution >= 4 is 39.4 Å². The Hall–Kier alpha value is -1.15. The molecule has 2 heterocycles. The van der Waals surface area contributed by atoms with E-state index in [1.54, 1.807) is 0 Å². The van der Waals surface area contributed by atoms with Gasteiger partial charge in [-0.25, -0.2) is 0 Å². The number of thioether (sulfide) groups is 1. The standard InChI is InChI=1S/C10H14N4O2S2/c1-2-3-8-12-13-9(18-8)11-7(15)6-14-4-5-17-10(14)16/h2-6H2,1H3,(H,11,13,15). The zero-order chi connectivity index (χ0) is 13.0. The van der Waals surface area contributed by atoms with Crippen LogP contribution in [0.2, 0.25) is 0 Å². The van der Waals surface area contributed by atoms with Crippen LogP contribution in [0.4, 0.5) is 9.93 Å². The predicted octanol–water partition coefficient (Wildman–Crippen LogP) is 1.60. The first-order valence-electron chi connectivity index (χ1n) is 5.73. The highest BCUT2D eigenvalue weighted by atomic mass is 32.2. The number of nitrogens with zero attached hydrogens (tertiary/aromatic N) is 3. The number of nitrogens with one attached hydrogen (secondary N) is 1. The molecule has 0 bridgehead atoms. The number of carbonyl (C=O) groups is 2. The van der Waals surface area contributed by atoms with Gasteiger partial charge in [0.05, 0.1) is 0 Å². The highest BCUT2D eigenvalue weighted by Gasteiger charge is 2.23. The van der Waals surface area contributed by atoms with Crippen LogP contribution in [0.3, 0.4) is 0 Å². The van der Waals surface area contributed by atoms with Gasteiger partial charge in [-0.05, 0) is 6.42 Å². The van der Waals surface area contributed by atoms with E-state index >= 15 is 0 Å². The predicted molar refractivity (Wildman–Crippen MR) is 72.0 cm³/mol. The highest BCUT2D eigenvalue weighted by Crippen LogP contribution is 2.18. The summed E-state index contributed by atoms with van der Waals surface area (Å²) < 4.78 is 0. The maximum atomic E-state index is 11.7. The van der Waals surface area contributed by atoms with Crippen LogP contribution in [-0.2, 0) is 11.2 Å². The number of anilines is 1. The molecular weight excluding hydrogens is 272 g/mol. The lowest BCUT2D eigenvalue weighted by Crippen LogP contribution is -2.33. The molecule has 0 saturated carbocycles. The summed E-state index contributed by atoms with van der Waals surface area (Å²) in [6.45, 7) is 2.79. The lowest BCUT2D eigenvalue weighted by atomic mass is 10.4. The summed E-state index contributed by atoms with van der Waals surface area (Å²) >= 11 is 2.63. The average Bonchev–Trinajstić information content (AvgIpc) is 2.90. The molecular formula is C10H14N4O2S2. The van der Waals surface area contributed by atoms with E-state index in [4.69, 9.17) is 0 Å². The molecule has 2 amide bonds. The van der Waals surface area contributed by atoms with E-state index in [1.807, 2.05) is 0 Å².